The highest BCUT2D eigenvalue weighted by Gasteiger charge is 2.29. The van der Waals surface area contributed by atoms with Crippen molar-refractivity contribution in [3.8, 4) is 11.5 Å². The maximum atomic E-state index is 13.8. The summed E-state index contributed by atoms with van der Waals surface area (Å²) in [6.45, 7) is 3.70. The molecule has 36 heavy (non-hydrogen) atoms. The lowest BCUT2D eigenvalue weighted by atomic mass is 9.88. The van der Waals surface area contributed by atoms with Crippen molar-refractivity contribution in [2.45, 2.75) is 19.8 Å². The Bertz CT molecular complexity index is 1220. The van der Waals surface area contributed by atoms with E-state index in [1.165, 1.54) is 12.1 Å². The summed E-state index contributed by atoms with van der Waals surface area (Å²) in [6, 6.07) is 18.7. The van der Waals surface area contributed by atoms with E-state index in [0.717, 1.165) is 5.69 Å². The van der Waals surface area contributed by atoms with Crippen molar-refractivity contribution in [2.24, 2.45) is 5.92 Å². The molecule has 188 valence electrons. The van der Waals surface area contributed by atoms with Gasteiger partial charge in [-0.1, -0.05) is 12.1 Å². The van der Waals surface area contributed by atoms with Gasteiger partial charge in [-0.15, -0.1) is 0 Å². The van der Waals surface area contributed by atoms with E-state index in [0.29, 0.717) is 60.8 Å². The Labute approximate surface area is 211 Å². The third kappa shape index (κ3) is 5.20. The second kappa shape index (κ2) is 11.2. The van der Waals surface area contributed by atoms with Gasteiger partial charge in [0.2, 0.25) is 0 Å². The summed E-state index contributed by atoms with van der Waals surface area (Å²) in [5.74, 6) is 0.657. The monoisotopic (exact) mass is 490 g/mol. The van der Waals surface area contributed by atoms with E-state index in [-0.39, 0.29) is 23.4 Å². The molecule has 3 aromatic rings. The minimum atomic E-state index is -0.351. The fourth-order valence-corrected chi connectivity index (χ4v) is 4.74. The first-order valence-electron chi connectivity index (χ1n) is 12.1. The molecule has 1 heterocycles. The van der Waals surface area contributed by atoms with Gasteiger partial charge in [0.05, 0.1) is 25.5 Å². The van der Waals surface area contributed by atoms with E-state index >= 15 is 0 Å². The predicted molar refractivity (Wildman–Crippen MR) is 139 cm³/mol. The highest BCUT2D eigenvalue weighted by atomic mass is 19.1. The first-order valence-corrected chi connectivity index (χ1v) is 12.1. The van der Waals surface area contributed by atoms with E-state index in [9.17, 15) is 14.0 Å². The SMILES string of the molecule is CCN(C(=O)c1ccccc1N1CCC(C(=O)c2ccc(F)cc2)CC1)c1ccc(OC)cc1OC. The van der Waals surface area contributed by atoms with Gasteiger partial charge in [-0.2, -0.15) is 0 Å². The Morgan fingerprint density at radius 1 is 0.972 bits per heavy atom. The van der Waals surface area contributed by atoms with Crippen LogP contribution in [0.5, 0.6) is 11.5 Å². The number of Topliss-reactive ketones (excluding diaryl/α,β-unsaturated/α-hetero) is 1. The average molecular weight is 491 g/mol. The van der Waals surface area contributed by atoms with Gasteiger partial charge >= 0.3 is 0 Å². The minimum absolute atomic E-state index is 0.0442. The lowest BCUT2D eigenvalue weighted by Crippen LogP contribution is -2.38. The van der Waals surface area contributed by atoms with Crippen LogP contribution in [0.25, 0.3) is 0 Å². The van der Waals surface area contributed by atoms with E-state index in [1.807, 2.05) is 43.3 Å². The molecule has 1 aliphatic rings. The smallest absolute Gasteiger partial charge is 0.260 e. The number of nitrogens with zero attached hydrogens (tertiary/aromatic N) is 2. The van der Waals surface area contributed by atoms with Gasteiger partial charge in [-0.05, 0) is 68.3 Å². The number of amides is 1. The highest BCUT2D eigenvalue weighted by Crippen LogP contribution is 2.35. The van der Waals surface area contributed by atoms with Crippen molar-refractivity contribution in [3.05, 3.63) is 83.7 Å². The third-order valence-electron chi connectivity index (χ3n) is 6.71. The first kappa shape index (κ1) is 25.2. The van der Waals surface area contributed by atoms with Gasteiger partial charge in [0.15, 0.2) is 5.78 Å². The topological polar surface area (TPSA) is 59.1 Å². The van der Waals surface area contributed by atoms with Crippen molar-refractivity contribution in [1.82, 2.24) is 0 Å². The number of hydrogen-bond acceptors (Lipinski definition) is 5. The Hall–Kier alpha value is -3.87. The summed E-state index contributed by atoms with van der Waals surface area (Å²) in [5.41, 5.74) is 2.66. The number of anilines is 2. The molecular weight excluding hydrogens is 459 g/mol. The largest absolute Gasteiger partial charge is 0.497 e. The predicted octanol–water partition coefficient (Wildman–Crippen LogP) is 5.61. The zero-order valence-electron chi connectivity index (χ0n) is 20.9. The number of hydrogen-bond donors (Lipinski definition) is 0. The molecule has 1 aliphatic heterocycles. The standard InChI is InChI=1S/C29H31FN2O4/c1-4-32(26-14-13-23(35-2)19-27(26)36-3)29(34)24-7-5-6-8-25(24)31-17-15-21(16-18-31)28(33)20-9-11-22(30)12-10-20/h5-14,19,21H,4,15-18H2,1-3H3. The van der Waals surface area contributed by atoms with Crippen LogP contribution in [0.3, 0.4) is 0 Å². The maximum absolute atomic E-state index is 13.8. The number of halogens is 1. The molecule has 0 unspecified atom stereocenters. The molecule has 0 spiro atoms. The molecule has 0 N–H and O–H groups in total. The zero-order valence-corrected chi connectivity index (χ0v) is 20.9. The summed E-state index contributed by atoms with van der Waals surface area (Å²) >= 11 is 0. The van der Waals surface area contributed by atoms with Gasteiger partial charge in [0.25, 0.3) is 5.91 Å². The minimum Gasteiger partial charge on any atom is -0.497 e. The third-order valence-corrected chi connectivity index (χ3v) is 6.71. The summed E-state index contributed by atoms with van der Waals surface area (Å²) in [5, 5.41) is 0. The number of rotatable bonds is 8. The van der Waals surface area contributed by atoms with Crippen LogP contribution >= 0.6 is 0 Å². The molecule has 3 aromatic carbocycles. The Morgan fingerprint density at radius 3 is 2.31 bits per heavy atom. The summed E-state index contributed by atoms with van der Waals surface area (Å²) in [4.78, 5) is 30.5. The van der Waals surface area contributed by atoms with Crippen molar-refractivity contribution in [1.29, 1.82) is 0 Å². The number of piperidine rings is 1. The van der Waals surface area contributed by atoms with Crippen LogP contribution in [-0.2, 0) is 0 Å². The van der Waals surface area contributed by atoms with Crippen molar-refractivity contribution in [3.63, 3.8) is 0 Å². The first-order chi connectivity index (χ1) is 17.5. The molecular formula is C29H31FN2O4. The maximum Gasteiger partial charge on any atom is 0.260 e. The molecule has 0 bridgehead atoms. The Morgan fingerprint density at radius 2 is 1.67 bits per heavy atom. The van der Waals surface area contributed by atoms with Crippen LogP contribution in [0, 0.1) is 11.7 Å². The average Bonchev–Trinajstić information content (AvgIpc) is 2.93. The molecule has 1 amide bonds. The van der Waals surface area contributed by atoms with Gasteiger partial charge in [0.1, 0.15) is 17.3 Å². The molecule has 0 aliphatic carbocycles. The van der Waals surface area contributed by atoms with Crippen LogP contribution in [0.4, 0.5) is 15.8 Å². The van der Waals surface area contributed by atoms with Crippen LogP contribution in [0.2, 0.25) is 0 Å². The van der Waals surface area contributed by atoms with Gasteiger partial charge in [-0.3, -0.25) is 9.59 Å². The van der Waals surface area contributed by atoms with Gasteiger partial charge < -0.3 is 19.3 Å². The van der Waals surface area contributed by atoms with Crippen molar-refractivity contribution < 1.29 is 23.5 Å². The fourth-order valence-electron chi connectivity index (χ4n) is 4.74. The van der Waals surface area contributed by atoms with E-state index in [4.69, 9.17) is 9.47 Å². The highest BCUT2D eigenvalue weighted by molar-refractivity contribution is 6.10. The number of benzene rings is 3. The van der Waals surface area contributed by atoms with Crippen LogP contribution in [0.15, 0.2) is 66.7 Å². The Balaban J connectivity index is 1.53. The fraction of sp³-hybridized carbons (Fsp3) is 0.310. The molecule has 0 aromatic heterocycles. The molecule has 6 nitrogen and oxygen atoms in total. The van der Waals surface area contributed by atoms with E-state index in [2.05, 4.69) is 4.90 Å². The van der Waals surface area contributed by atoms with E-state index in [1.54, 1.807) is 37.3 Å². The molecule has 1 fully saturated rings. The number of para-hydroxylation sites is 1. The summed E-state index contributed by atoms with van der Waals surface area (Å²) in [6.07, 6.45) is 1.34. The second-order valence-electron chi connectivity index (χ2n) is 8.74. The van der Waals surface area contributed by atoms with Crippen molar-refractivity contribution >= 4 is 23.1 Å². The quantitative estimate of drug-likeness (QED) is 0.384. The lowest BCUT2D eigenvalue weighted by Gasteiger charge is -2.34. The molecule has 0 radical (unpaired) electrons. The number of ether oxygens (including phenoxy) is 2. The Kier molecular flexibility index (Phi) is 7.88. The number of methoxy groups -OCH3 is 2. The van der Waals surface area contributed by atoms with Gasteiger partial charge in [-0.25, -0.2) is 4.39 Å². The lowest BCUT2D eigenvalue weighted by molar-refractivity contribution is 0.0899. The number of carbonyl (C=O) groups excluding carboxylic acids is 2. The van der Waals surface area contributed by atoms with Crippen LogP contribution < -0.4 is 19.3 Å². The van der Waals surface area contributed by atoms with Crippen LogP contribution in [0.1, 0.15) is 40.5 Å². The molecule has 4 rings (SSSR count). The molecule has 1 saturated heterocycles. The van der Waals surface area contributed by atoms with Crippen LogP contribution in [-0.4, -0.2) is 45.5 Å². The normalized spacial score (nSPS) is 13.8. The molecule has 0 atom stereocenters. The zero-order chi connectivity index (χ0) is 25.7. The summed E-state index contributed by atoms with van der Waals surface area (Å²) < 4.78 is 24.1. The summed E-state index contributed by atoms with van der Waals surface area (Å²) in [7, 11) is 3.16. The molecule has 7 heteroatoms. The van der Waals surface area contributed by atoms with Crippen molar-refractivity contribution in [2.75, 3.05) is 43.7 Å². The number of ketones is 1. The second-order valence-corrected chi connectivity index (χ2v) is 8.74. The molecule has 0 saturated carbocycles. The number of carbonyl (C=O) groups is 2. The van der Waals surface area contributed by atoms with Gasteiger partial charge in [0, 0.05) is 42.9 Å². The van der Waals surface area contributed by atoms with E-state index < -0.39 is 0 Å².